The smallest absolute Gasteiger partial charge is 0.360 e. The molecule has 156 valence electrons. The molecule has 1 aliphatic rings. The molecule has 3 aromatic heterocycles. The lowest BCUT2D eigenvalue weighted by Crippen LogP contribution is -2.05. The monoisotopic (exact) mass is 415 g/mol. The number of imidazole rings is 1. The molecule has 0 amide bonds. The predicted molar refractivity (Wildman–Crippen MR) is 112 cm³/mol. The second-order valence-electron chi connectivity index (χ2n) is 7.84. The zero-order valence-corrected chi connectivity index (χ0v) is 17.1. The van der Waals surface area contributed by atoms with E-state index < -0.39 is 5.97 Å². The molecular weight excluding hydrogens is 394 g/mol. The van der Waals surface area contributed by atoms with E-state index in [1.165, 1.54) is 10.2 Å². The molecule has 0 spiro atoms. The fraction of sp³-hybridized carbons (Fsp3) is 0.261. The largest absolute Gasteiger partial charge is 0.456 e. The van der Waals surface area contributed by atoms with Crippen molar-refractivity contribution in [3.05, 3.63) is 83.1 Å². The van der Waals surface area contributed by atoms with Crippen LogP contribution in [-0.4, -0.2) is 36.1 Å². The molecule has 0 atom stereocenters. The number of ketones is 1. The van der Waals surface area contributed by atoms with Crippen LogP contribution in [0.25, 0.3) is 5.65 Å². The zero-order valence-electron chi connectivity index (χ0n) is 17.1. The van der Waals surface area contributed by atoms with Crippen LogP contribution in [0, 0.1) is 0 Å². The second-order valence-corrected chi connectivity index (χ2v) is 7.84. The number of nitrogens with zero attached hydrogens (tertiary/aromatic N) is 5. The van der Waals surface area contributed by atoms with Gasteiger partial charge in [-0.3, -0.25) is 4.79 Å². The van der Waals surface area contributed by atoms with E-state index >= 15 is 0 Å². The van der Waals surface area contributed by atoms with Crippen LogP contribution in [0.15, 0.2) is 55.0 Å². The average Bonchev–Trinajstić information content (AvgIpc) is 3.39. The summed E-state index contributed by atoms with van der Waals surface area (Å²) in [5.74, 6) is 0.0000197. The Morgan fingerprint density at radius 2 is 1.94 bits per heavy atom. The molecule has 0 saturated heterocycles. The lowest BCUT2D eigenvalue weighted by Gasteiger charge is -2.04. The van der Waals surface area contributed by atoms with Crippen molar-refractivity contribution in [2.45, 2.75) is 38.8 Å². The summed E-state index contributed by atoms with van der Waals surface area (Å²) in [6, 6.07) is 11.4. The van der Waals surface area contributed by atoms with Gasteiger partial charge < -0.3 is 9.14 Å². The highest BCUT2D eigenvalue weighted by Crippen LogP contribution is 2.40. The summed E-state index contributed by atoms with van der Waals surface area (Å²) in [6.07, 6.45) is 7.80. The van der Waals surface area contributed by atoms with Crippen LogP contribution in [-0.2, 0) is 17.9 Å². The Balaban J connectivity index is 1.32. The highest BCUT2D eigenvalue weighted by molar-refractivity contribution is 6.00. The number of carbonyl (C=O) groups is 2. The molecule has 0 aliphatic heterocycles. The zero-order chi connectivity index (χ0) is 21.4. The second kappa shape index (κ2) is 7.79. The molecule has 3 heterocycles. The van der Waals surface area contributed by atoms with Gasteiger partial charge in [-0.05, 0) is 42.9 Å². The molecule has 0 N–H and O–H groups in total. The Hall–Kier alpha value is -3.81. The van der Waals surface area contributed by atoms with Gasteiger partial charge >= 0.3 is 5.97 Å². The number of carbonyl (C=O) groups excluding carboxylic acids is 2. The number of ether oxygens (including phenoxy) is 1. The summed E-state index contributed by atoms with van der Waals surface area (Å²) >= 11 is 0. The van der Waals surface area contributed by atoms with Crippen molar-refractivity contribution in [2.24, 2.45) is 0 Å². The molecule has 4 aromatic rings. The Morgan fingerprint density at radius 1 is 1.13 bits per heavy atom. The van der Waals surface area contributed by atoms with E-state index in [2.05, 4.69) is 15.3 Å². The van der Waals surface area contributed by atoms with E-state index in [4.69, 9.17) is 4.74 Å². The molecule has 1 aromatic carbocycles. The molecule has 8 heteroatoms. The van der Waals surface area contributed by atoms with Crippen molar-refractivity contribution >= 4 is 17.4 Å². The molecule has 31 heavy (non-hydrogen) atoms. The first-order valence-corrected chi connectivity index (χ1v) is 10.2. The molecular formula is C23H21N5O3. The molecule has 1 saturated carbocycles. The average molecular weight is 415 g/mol. The number of pyridine rings is 1. The quantitative estimate of drug-likeness (QED) is 0.339. The third kappa shape index (κ3) is 4.09. The number of hydrogen-bond donors (Lipinski definition) is 0. The van der Waals surface area contributed by atoms with Gasteiger partial charge in [0.25, 0.3) is 0 Å². The summed E-state index contributed by atoms with van der Waals surface area (Å²) in [5, 5.41) is 7.94. The first kappa shape index (κ1) is 19.2. The number of rotatable bonds is 7. The Bertz CT molecular complexity index is 1270. The topological polar surface area (TPSA) is 91.4 Å². The van der Waals surface area contributed by atoms with Crippen LogP contribution < -0.4 is 0 Å². The third-order valence-corrected chi connectivity index (χ3v) is 5.33. The van der Waals surface area contributed by atoms with Gasteiger partial charge in [-0.1, -0.05) is 35.5 Å². The minimum absolute atomic E-state index is 0.00569. The van der Waals surface area contributed by atoms with Crippen LogP contribution in [0.5, 0.6) is 0 Å². The van der Waals surface area contributed by atoms with Gasteiger partial charge in [0.2, 0.25) is 0 Å². The molecule has 0 radical (unpaired) electrons. The van der Waals surface area contributed by atoms with Crippen LogP contribution in [0.4, 0.5) is 0 Å². The molecule has 1 fully saturated rings. The molecule has 0 unspecified atom stereocenters. The number of aromatic nitrogens is 5. The molecule has 1 aliphatic carbocycles. The minimum atomic E-state index is -0.530. The number of esters is 1. The fourth-order valence-electron chi connectivity index (χ4n) is 3.58. The maximum absolute atomic E-state index is 12.3. The van der Waals surface area contributed by atoms with E-state index in [9.17, 15) is 9.59 Å². The fourth-order valence-corrected chi connectivity index (χ4v) is 3.58. The minimum Gasteiger partial charge on any atom is -0.456 e. The van der Waals surface area contributed by atoms with Crippen molar-refractivity contribution in [3.8, 4) is 0 Å². The first-order valence-electron chi connectivity index (χ1n) is 10.2. The third-order valence-electron chi connectivity index (χ3n) is 5.33. The van der Waals surface area contributed by atoms with Gasteiger partial charge in [-0.15, -0.1) is 5.10 Å². The first-order chi connectivity index (χ1) is 15.1. The number of hydrogen-bond acceptors (Lipinski definition) is 6. The van der Waals surface area contributed by atoms with E-state index in [1.54, 1.807) is 13.1 Å². The van der Waals surface area contributed by atoms with Crippen molar-refractivity contribution in [3.63, 3.8) is 0 Å². The Labute approximate surface area is 178 Å². The van der Waals surface area contributed by atoms with Gasteiger partial charge in [0.1, 0.15) is 12.3 Å². The van der Waals surface area contributed by atoms with Crippen LogP contribution >= 0.6 is 0 Å². The van der Waals surface area contributed by atoms with Gasteiger partial charge in [-0.2, -0.15) is 0 Å². The maximum Gasteiger partial charge on any atom is 0.360 e. The molecule has 5 rings (SSSR count). The number of benzene rings is 1. The van der Waals surface area contributed by atoms with E-state index in [1.807, 2.05) is 53.2 Å². The molecule has 0 bridgehead atoms. The van der Waals surface area contributed by atoms with Gasteiger partial charge in [0, 0.05) is 12.4 Å². The lowest BCUT2D eigenvalue weighted by atomic mass is 10.1. The summed E-state index contributed by atoms with van der Waals surface area (Å²) in [5.41, 5.74) is 4.20. The SMILES string of the molecule is CC(=O)c1cc(C2CC2)cn2cc(Cn3cc(C(=O)OCc4ccccc4)nn3)nc12. The normalized spacial score (nSPS) is 13.5. The Morgan fingerprint density at radius 3 is 2.68 bits per heavy atom. The summed E-state index contributed by atoms with van der Waals surface area (Å²) in [6.45, 7) is 2.07. The van der Waals surface area contributed by atoms with E-state index in [-0.39, 0.29) is 18.1 Å². The number of Topliss-reactive ketones (excluding diaryl/α,β-unsaturated/α-hetero) is 1. The lowest BCUT2D eigenvalue weighted by molar-refractivity contribution is 0.0465. The summed E-state index contributed by atoms with van der Waals surface area (Å²) in [4.78, 5) is 29.0. The maximum atomic E-state index is 12.3. The van der Waals surface area contributed by atoms with E-state index in [0.717, 1.165) is 24.1 Å². The summed E-state index contributed by atoms with van der Waals surface area (Å²) in [7, 11) is 0. The Kier molecular flexibility index (Phi) is 4.82. The van der Waals surface area contributed by atoms with Gasteiger partial charge in [0.15, 0.2) is 11.5 Å². The van der Waals surface area contributed by atoms with Crippen LogP contribution in [0.3, 0.4) is 0 Å². The van der Waals surface area contributed by atoms with Crippen molar-refractivity contribution in [1.82, 2.24) is 24.4 Å². The van der Waals surface area contributed by atoms with Crippen molar-refractivity contribution < 1.29 is 14.3 Å². The van der Waals surface area contributed by atoms with Crippen LogP contribution in [0.1, 0.15) is 63.4 Å². The van der Waals surface area contributed by atoms with Gasteiger partial charge in [-0.25, -0.2) is 14.5 Å². The van der Waals surface area contributed by atoms with Crippen LogP contribution in [0.2, 0.25) is 0 Å². The predicted octanol–water partition coefficient (Wildman–Crippen LogP) is 3.41. The highest BCUT2D eigenvalue weighted by Gasteiger charge is 2.26. The number of fused-ring (bicyclic) bond motifs is 1. The van der Waals surface area contributed by atoms with E-state index in [0.29, 0.717) is 23.7 Å². The standard InChI is InChI=1S/C23H21N5O3/c1-15(29)20-9-18(17-7-8-17)10-27-11-19(24-22(20)27)12-28-13-21(25-26-28)23(30)31-14-16-5-3-2-4-6-16/h2-6,9-11,13,17H,7-8,12,14H2,1H3. The molecule has 8 nitrogen and oxygen atoms in total. The van der Waals surface area contributed by atoms with Gasteiger partial charge in [0.05, 0.1) is 24.0 Å². The van der Waals surface area contributed by atoms with Crippen molar-refractivity contribution in [1.29, 1.82) is 0 Å². The van der Waals surface area contributed by atoms with Crippen molar-refractivity contribution in [2.75, 3.05) is 0 Å². The summed E-state index contributed by atoms with van der Waals surface area (Å²) < 4.78 is 8.74. The highest BCUT2D eigenvalue weighted by atomic mass is 16.5.